The number of carbonyl (C=O) groups is 1. The van der Waals surface area contributed by atoms with Crippen LogP contribution in [-0.2, 0) is 21.2 Å². The Hall–Kier alpha value is -1.97. The minimum absolute atomic E-state index is 0.0112. The molecule has 2 unspecified atom stereocenters. The Kier molecular flexibility index (Phi) is 4.68. The van der Waals surface area contributed by atoms with Crippen molar-refractivity contribution < 1.29 is 13.2 Å². The summed E-state index contributed by atoms with van der Waals surface area (Å²) in [7, 11) is -3.75. The highest BCUT2D eigenvalue weighted by Gasteiger charge is 2.52. The van der Waals surface area contributed by atoms with Crippen LogP contribution in [0.2, 0.25) is 0 Å². The van der Waals surface area contributed by atoms with Gasteiger partial charge in [0.1, 0.15) is 5.78 Å². The Morgan fingerprint density at radius 1 is 1.03 bits per heavy atom. The van der Waals surface area contributed by atoms with Crippen LogP contribution in [0.5, 0.6) is 0 Å². The third kappa shape index (κ3) is 2.83. The van der Waals surface area contributed by atoms with Gasteiger partial charge in [-0.1, -0.05) is 71.1 Å². The third-order valence-corrected chi connectivity index (χ3v) is 10.2. The van der Waals surface area contributed by atoms with E-state index >= 15 is 0 Å². The highest BCUT2D eigenvalue weighted by atomic mass is 127. The van der Waals surface area contributed by atoms with E-state index in [4.69, 9.17) is 0 Å². The molecule has 7 heteroatoms. The molecule has 3 aliphatic rings. The number of halogens is 1. The van der Waals surface area contributed by atoms with Crippen molar-refractivity contribution in [3.63, 3.8) is 0 Å². The van der Waals surface area contributed by atoms with E-state index in [-0.39, 0.29) is 15.4 Å². The lowest BCUT2D eigenvalue weighted by Crippen LogP contribution is -2.45. The van der Waals surface area contributed by atoms with Gasteiger partial charge in [0.15, 0.2) is 0 Å². The second-order valence-electron chi connectivity index (χ2n) is 9.06. The first kappa shape index (κ1) is 20.6. The highest BCUT2D eigenvalue weighted by molar-refractivity contribution is 14.1. The molecule has 1 saturated heterocycles. The molecule has 2 aliphatic heterocycles. The number of nitrogens with zero attached hydrogens (tertiary/aromatic N) is 2. The second kappa shape index (κ2) is 7.27. The van der Waals surface area contributed by atoms with Crippen LogP contribution in [0, 0.1) is 5.41 Å². The van der Waals surface area contributed by atoms with Gasteiger partial charge in [-0.15, -0.1) is 0 Å². The SMILES string of the molecule is O=C1C[C@]23C=CCN(C[C@@H]1I)C2c1c(n(S(=O)(=O)c2ccccc2)c2ccccc12)CC3. The molecule has 164 valence electrons. The van der Waals surface area contributed by atoms with Gasteiger partial charge in [0, 0.05) is 47.6 Å². The molecule has 0 radical (unpaired) electrons. The number of para-hydroxylation sites is 1. The molecule has 3 aromatic rings. The fourth-order valence-electron chi connectivity index (χ4n) is 5.99. The maximum absolute atomic E-state index is 13.8. The van der Waals surface area contributed by atoms with Gasteiger partial charge < -0.3 is 0 Å². The molecule has 1 fully saturated rings. The molecular weight excluding hydrogens is 535 g/mol. The summed E-state index contributed by atoms with van der Waals surface area (Å²) in [6.07, 6.45) is 6.37. The molecule has 0 amide bonds. The van der Waals surface area contributed by atoms with Gasteiger partial charge >= 0.3 is 0 Å². The van der Waals surface area contributed by atoms with Crippen LogP contribution >= 0.6 is 22.6 Å². The lowest BCUT2D eigenvalue weighted by molar-refractivity contribution is -0.119. The van der Waals surface area contributed by atoms with Crippen molar-refractivity contribution in [3.8, 4) is 0 Å². The molecule has 1 aliphatic carbocycles. The Labute approximate surface area is 201 Å². The zero-order valence-corrected chi connectivity index (χ0v) is 20.4. The summed E-state index contributed by atoms with van der Waals surface area (Å²) in [5, 5.41) is 0.982. The van der Waals surface area contributed by atoms with E-state index < -0.39 is 10.0 Å². The molecule has 4 atom stereocenters. The number of ketones is 1. The molecule has 0 spiro atoms. The van der Waals surface area contributed by atoms with Crippen LogP contribution in [0.25, 0.3) is 10.9 Å². The lowest BCUT2D eigenvalue weighted by atomic mass is 9.65. The van der Waals surface area contributed by atoms with Crippen molar-refractivity contribution in [2.75, 3.05) is 13.1 Å². The largest absolute Gasteiger partial charge is 0.298 e. The Bertz CT molecular complexity index is 1380. The van der Waals surface area contributed by atoms with Crippen LogP contribution < -0.4 is 0 Å². The first-order valence-corrected chi connectivity index (χ1v) is 13.6. The van der Waals surface area contributed by atoms with Gasteiger partial charge in [0.05, 0.1) is 14.3 Å². The Morgan fingerprint density at radius 2 is 1.78 bits per heavy atom. The zero-order valence-electron chi connectivity index (χ0n) is 17.4. The molecule has 32 heavy (non-hydrogen) atoms. The van der Waals surface area contributed by atoms with Gasteiger partial charge in [-0.3, -0.25) is 9.69 Å². The highest BCUT2D eigenvalue weighted by Crippen LogP contribution is 2.56. The van der Waals surface area contributed by atoms with E-state index in [2.05, 4.69) is 39.6 Å². The summed E-state index contributed by atoms with van der Waals surface area (Å²) in [6, 6.07) is 16.5. The molecule has 5 nitrogen and oxygen atoms in total. The van der Waals surface area contributed by atoms with Gasteiger partial charge in [0.25, 0.3) is 10.0 Å². The predicted octanol–water partition coefficient (Wildman–Crippen LogP) is 4.50. The number of carbonyl (C=O) groups excluding carboxylic acids is 1. The van der Waals surface area contributed by atoms with Crippen molar-refractivity contribution in [1.29, 1.82) is 0 Å². The average Bonchev–Trinajstić information content (AvgIpc) is 3.12. The number of fused-ring (bicyclic) bond motifs is 3. The summed E-state index contributed by atoms with van der Waals surface area (Å²) >= 11 is 2.28. The van der Waals surface area contributed by atoms with Crippen LogP contribution in [0.1, 0.15) is 30.1 Å². The Morgan fingerprint density at radius 3 is 2.59 bits per heavy atom. The summed E-state index contributed by atoms with van der Waals surface area (Å²) in [4.78, 5) is 15.7. The molecule has 6 rings (SSSR count). The maximum atomic E-state index is 13.8. The van der Waals surface area contributed by atoms with E-state index in [1.807, 2.05) is 30.3 Å². The zero-order chi connectivity index (χ0) is 22.1. The molecule has 2 aromatic carbocycles. The third-order valence-electron chi connectivity index (χ3n) is 7.30. The predicted molar refractivity (Wildman–Crippen MR) is 133 cm³/mol. The van der Waals surface area contributed by atoms with Crippen LogP contribution in [0.3, 0.4) is 0 Å². The first-order chi connectivity index (χ1) is 15.4. The number of aromatic nitrogens is 1. The average molecular weight is 558 g/mol. The lowest BCUT2D eigenvalue weighted by Gasteiger charge is -2.48. The van der Waals surface area contributed by atoms with E-state index in [1.165, 1.54) is 0 Å². The van der Waals surface area contributed by atoms with E-state index in [0.29, 0.717) is 30.1 Å². The van der Waals surface area contributed by atoms with Crippen LogP contribution in [0.4, 0.5) is 0 Å². The Balaban J connectivity index is 1.65. The van der Waals surface area contributed by atoms with Crippen molar-refractivity contribution in [3.05, 3.63) is 78.0 Å². The standard InChI is InChI=1S/C25H23IN2O3S/c26-19-16-27-14-6-12-25(15-22(19)29)13-11-21-23(24(25)27)18-9-4-5-10-20(18)28(21)32(30,31)17-7-2-1-3-8-17/h1-10,12,19,24H,11,13-16H2/t19-,24?,25+/m0/s1. The first-order valence-electron chi connectivity index (χ1n) is 10.9. The van der Waals surface area contributed by atoms with Crippen molar-refractivity contribution >= 4 is 49.3 Å². The van der Waals surface area contributed by atoms with Crippen molar-refractivity contribution in [1.82, 2.24) is 8.87 Å². The molecule has 3 heterocycles. The van der Waals surface area contributed by atoms with E-state index in [9.17, 15) is 13.2 Å². The fourth-order valence-corrected chi connectivity index (χ4v) is 8.33. The van der Waals surface area contributed by atoms with Crippen LogP contribution in [0.15, 0.2) is 71.6 Å². The smallest absolute Gasteiger partial charge is 0.268 e. The van der Waals surface area contributed by atoms with E-state index in [0.717, 1.165) is 35.1 Å². The quantitative estimate of drug-likeness (QED) is 0.264. The van der Waals surface area contributed by atoms with Crippen molar-refractivity contribution in [2.24, 2.45) is 5.41 Å². The van der Waals surface area contributed by atoms with Gasteiger partial charge in [-0.05, 0) is 31.0 Å². The van der Waals surface area contributed by atoms with Gasteiger partial charge in [-0.2, -0.15) is 0 Å². The summed E-state index contributed by atoms with van der Waals surface area (Å²) in [6.45, 7) is 1.48. The van der Waals surface area contributed by atoms with Crippen LogP contribution in [-0.4, -0.2) is 40.1 Å². The minimum atomic E-state index is -3.75. The molecule has 2 bridgehead atoms. The van der Waals surface area contributed by atoms with Gasteiger partial charge in [-0.25, -0.2) is 12.4 Å². The summed E-state index contributed by atoms with van der Waals surface area (Å²) < 4.78 is 29.2. The number of benzene rings is 2. The number of rotatable bonds is 2. The molecule has 0 N–H and O–H groups in total. The minimum Gasteiger partial charge on any atom is -0.298 e. The maximum Gasteiger partial charge on any atom is 0.268 e. The summed E-state index contributed by atoms with van der Waals surface area (Å²) in [5.41, 5.74) is 2.42. The van der Waals surface area contributed by atoms with Gasteiger partial charge in [0.2, 0.25) is 0 Å². The number of hydrogen-bond acceptors (Lipinski definition) is 4. The molecule has 0 saturated carbocycles. The van der Waals surface area contributed by atoms with E-state index in [1.54, 1.807) is 28.2 Å². The number of alkyl halides is 1. The monoisotopic (exact) mass is 558 g/mol. The molecule has 1 aromatic heterocycles. The normalized spacial score (nSPS) is 29.4. The number of Topliss-reactive ketones (excluding diaryl/α,β-unsaturated/α-hetero) is 1. The number of hydrogen-bond donors (Lipinski definition) is 0. The van der Waals surface area contributed by atoms with Crippen molar-refractivity contribution in [2.45, 2.75) is 34.1 Å². The topological polar surface area (TPSA) is 59.4 Å². The summed E-state index contributed by atoms with van der Waals surface area (Å²) in [5.74, 6) is 0.300. The fraction of sp³-hybridized carbons (Fsp3) is 0.320. The second-order valence-corrected chi connectivity index (χ2v) is 12.4. The molecular formula is C25H23IN2O3S.